The van der Waals surface area contributed by atoms with Gasteiger partial charge < -0.3 is 19.1 Å². The van der Waals surface area contributed by atoms with Crippen molar-refractivity contribution in [2.24, 2.45) is 5.92 Å². The predicted octanol–water partition coefficient (Wildman–Crippen LogP) is 3.76. The van der Waals surface area contributed by atoms with E-state index in [1.54, 1.807) is 49.4 Å². The van der Waals surface area contributed by atoms with Gasteiger partial charge in [0.1, 0.15) is 17.3 Å². The van der Waals surface area contributed by atoms with Gasteiger partial charge in [0.2, 0.25) is 0 Å². The number of hydrogen-bond acceptors (Lipinski definition) is 9. The van der Waals surface area contributed by atoms with Crippen molar-refractivity contribution in [1.82, 2.24) is 9.78 Å². The zero-order valence-corrected chi connectivity index (χ0v) is 21.5. The molecule has 0 N–H and O–H groups in total. The number of piperidine rings is 1. The van der Waals surface area contributed by atoms with Gasteiger partial charge in [-0.25, -0.2) is 14.3 Å². The summed E-state index contributed by atoms with van der Waals surface area (Å²) in [6.45, 7) is 3.33. The Morgan fingerprint density at radius 3 is 2.32 bits per heavy atom. The number of para-hydroxylation sites is 1. The van der Waals surface area contributed by atoms with E-state index in [1.807, 2.05) is 6.07 Å². The first kappa shape index (κ1) is 26.4. The molecule has 196 valence electrons. The molecular formula is C28H28N4O6. The van der Waals surface area contributed by atoms with Gasteiger partial charge in [-0.05, 0) is 44.0 Å². The summed E-state index contributed by atoms with van der Waals surface area (Å²) in [6.07, 6.45) is 1.25. The minimum absolute atomic E-state index is 0.0601. The zero-order valence-electron chi connectivity index (χ0n) is 21.5. The number of benzene rings is 2. The lowest BCUT2D eigenvalue weighted by atomic mass is 9.95. The standard InChI is InChI=1S/C28H28N4O6/c1-4-38-26(33)18-12-14-31(15-13-18)22-11-10-19(16-20(22)17-29)24-23(27(34)36-2)25(28(35)37-3)32(30-24)21-8-6-5-7-9-21/h5-11,16,18H,4,12-15H2,1-3H3. The molecule has 1 aliphatic rings. The summed E-state index contributed by atoms with van der Waals surface area (Å²) in [5, 5.41) is 14.6. The molecule has 0 unspecified atom stereocenters. The van der Waals surface area contributed by atoms with E-state index in [0.29, 0.717) is 55.0 Å². The number of esters is 3. The lowest BCUT2D eigenvalue weighted by Gasteiger charge is -2.33. The van der Waals surface area contributed by atoms with Crippen LogP contribution in [0.25, 0.3) is 16.9 Å². The number of carbonyl (C=O) groups is 3. The van der Waals surface area contributed by atoms with Gasteiger partial charge in [0, 0.05) is 18.7 Å². The SMILES string of the molecule is CCOC(=O)C1CCN(c2ccc(-c3nn(-c4ccccc4)c(C(=O)OC)c3C(=O)OC)cc2C#N)CC1. The van der Waals surface area contributed by atoms with Gasteiger partial charge in [-0.1, -0.05) is 24.3 Å². The second-order valence-corrected chi connectivity index (χ2v) is 8.66. The molecule has 10 heteroatoms. The summed E-state index contributed by atoms with van der Waals surface area (Å²) in [5.74, 6) is -1.85. The van der Waals surface area contributed by atoms with Crippen LogP contribution in [0.2, 0.25) is 0 Å². The third kappa shape index (κ3) is 5.09. The topological polar surface area (TPSA) is 124 Å². The van der Waals surface area contributed by atoms with Crippen LogP contribution in [-0.4, -0.2) is 61.6 Å². The number of methoxy groups -OCH3 is 2. The van der Waals surface area contributed by atoms with Gasteiger partial charge in [-0.3, -0.25) is 4.79 Å². The fourth-order valence-corrected chi connectivity index (χ4v) is 4.62. The fraction of sp³-hybridized carbons (Fsp3) is 0.321. The lowest BCUT2D eigenvalue weighted by Crippen LogP contribution is -2.37. The molecule has 0 spiro atoms. The van der Waals surface area contributed by atoms with E-state index in [9.17, 15) is 19.6 Å². The van der Waals surface area contributed by atoms with Gasteiger partial charge in [0.25, 0.3) is 0 Å². The summed E-state index contributed by atoms with van der Waals surface area (Å²) in [4.78, 5) is 39.9. The van der Waals surface area contributed by atoms with Gasteiger partial charge in [0.15, 0.2) is 5.69 Å². The van der Waals surface area contributed by atoms with Crippen molar-refractivity contribution in [1.29, 1.82) is 5.26 Å². The largest absolute Gasteiger partial charge is 0.466 e. The Morgan fingerprint density at radius 2 is 1.71 bits per heavy atom. The molecule has 2 heterocycles. The Morgan fingerprint density at radius 1 is 1.03 bits per heavy atom. The average Bonchev–Trinajstić information content (AvgIpc) is 3.37. The molecule has 1 aromatic heterocycles. The molecule has 38 heavy (non-hydrogen) atoms. The van der Waals surface area contributed by atoms with Crippen LogP contribution in [0.4, 0.5) is 5.69 Å². The monoisotopic (exact) mass is 516 g/mol. The summed E-state index contributed by atoms with van der Waals surface area (Å²) < 4.78 is 16.5. The number of ether oxygens (including phenoxy) is 3. The zero-order chi connectivity index (χ0) is 27.2. The Hall–Kier alpha value is -4.65. The molecular weight excluding hydrogens is 488 g/mol. The van der Waals surface area contributed by atoms with E-state index in [2.05, 4.69) is 16.1 Å². The van der Waals surface area contributed by atoms with Gasteiger partial charge in [-0.2, -0.15) is 10.4 Å². The Balaban J connectivity index is 1.76. The van der Waals surface area contributed by atoms with Crippen molar-refractivity contribution < 1.29 is 28.6 Å². The van der Waals surface area contributed by atoms with Crippen LogP contribution in [0.15, 0.2) is 48.5 Å². The third-order valence-electron chi connectivity index (χ3n) is 6.50. The number of carbonyl (C=O) groups excluding carboxylic acids is 3. The van der Waals surface area contributed by atoms with E-state index in [4.69, 9.17) is 14.2 Å². The van der Waals surface area contributed by atoms with Crippen molar-refractivity contribution in [3.05, 3.63) is 65.4 Å². The van der Waals surface area contributed by atoms with Gasteiger partial charge in [-0.15, -0.1) is 0 Å². The van der Waals surface area contributed by atoms with Crippen LogP contribution < -0.4 is 4.90 Å². The summed E-state index contributed by atoms with van der Waals surface area (Å²) in [7, 11) is 2.44. The van der Waals surface area contributed by atoms with E-state index in [0.717, 1.165) is 0 Å². The quantitative estimate of drug-likeness (QED) is 0.341. The van der Waals surface area contributed by atoms with Gasteiger partial charge >= 0.3 is 17.9 Å². The van der Waals surface area contributed by atoms with E-state index < -0.39 is 11.9 Å². The highest BCUT2D eigenvalue weighted by Gasteiger charge is 2.32. The van der Waals surface area contributed by atoms with Crippen LogP contribution in [0.5, 0.6) is 0 Å². The molecule has 4 rings (SSSR count). The molecule has 10 nitrogen and oxygen atoms in total. The van der Waals surface area contributed by atoms with Crippen LogP contribution in [0, 0.1) is 17.2 Å². The first-order valence-corrected chi connectivity index (χ1v) is 12.2. The third-order valence-corrected chi connectivity index (χ3v) is 6.50. The number of hydrogen-bond donors (Lipinski definition) is 0. The lowest BCUT2D eigenvalue weighted by molar-refractivity contribution is -0.148. The molecule has 0 radical (unpaired) electrons. The second kappa shape index (κ2) is 11.6. The van der Waals surface area contributed by atoms with Crippen molar-refractivity contribution in [3.8, 4) is 23.0 Å². The normalized spacial score (nSPS) is 13.5. The van der Waals surface area contributed by atoms with E-state index >= 15 is 0 Å². The number of aromatic nitrogens is 2. The summed E-state index contributed by atoms with van der Waals surface area (Å²) in [6, 6.07) is 16.3. The molecule has 3 aromatic rings. The van der Waals surface area contributed by atoms with Crippen molar-refractivity contribution in [2.45, 2.75) is 19.8 Å². The molecule has 0 atom stereocenters. The number of anilines is 1. The van der Waals surface area contributed by atoms with Gasteiger partial charge in [0.05, 0.1) is 43.7 Å². The van der Waals surface area contributed by atoms with Crippen LogP contribution in [0.3, 0.4) is 0 Å². The van der Waals surface area contributed by atoms with E-state index in [1.165, 1.54) is 18.9 Å². The molecule has 0 aliphatic carbocycles. The minimum atomic E-state index is -0.758. The molecule has 1 saturated heterocycles. The molecule has 2 aromatic carbocycles. The number of nitrogens with zero attached hydrogens (tertiary/aromatic N) is 4. The van der Waals surface area contributed by atoms with Crippen LogP contribution >= 0.6 is 0 Å². The minimum Gasteiger partial charge on any atom is -0.466 e. The molecule has 1 fully saturated rings. The van der Waals surface area contributed by atoms with Crippen molar-refractivity contribution in [3.63, 3.8) is 0 Å². The highest BCUT2D eigenvalue weighted by Crippen LogP contribution is 2.34. The predicted molar refractivity (Wildman–Crippen MR) is 138 cm³/mol. The first-order valence-electron chi connectivity index (χ1n) is 12.2. The molecule has 0 saturated carbocycles. The van der Waals surface area contributed by atoms with Crippen LogP contribution in [0.1, 0.15) is 46.2 Å². The second-order valence-electron chi connectivity index (χ2n) is 8.66. The fourth-order valence-electron chi connectivity index (χ4n) is 4.62. The molecule has 0 amide bonds. The highest BCUT2D eigenvalue weighted by molar-refractivity contribution is 6.07. The molecule has 1 aliphatic heterocycles. The summed E-state index contributed by atoms with van der Waals surface area (Å²) >= 11 is 0. The maximum Gasteiger partial charge on any atom is 0.357 e. The molecule has 0 bridgehead atoms. The Labute approximate surface area is 220 Å². The first-order chi connectivity index (χ1) is 18.4. The van der Waals surface area contributed by atoms with Crippen molar-refractivity contribution >= 4 is 23.6 Å². The van der Waals surface area contributed by atoms with Crippen LogP contribution in [-0.2, 0) is 19.0 Å². The maximum atomic E-state index is 12.9. The smallest absolute Gasteiger partial charge is 0.357 e. The average molecular weight is 517 g/mol. The summed E-state index contributed by atoms with van der Waals surface area (Å²) in [5.41, 5.74) is 2.15. The van der Waals surface area contributed by atoms with E-state index in [-0.39, 0.29) is 28.8 Å². The van der Waals surface area contributed by atoms with Crippen molar-refractivity contribution in [2.75, 3.05) is 38.8 Å². The Bertz CT molecular complexity index is 1380. The Kier molecular flexibility index (Phi) is 8.06. The maximum absolute atomic E-state index is 12.9. The number of rotatable bonds is 7. The highest BCUT2D eigenvalue weighted by atomic mass is 16.5. The number of nitriles is 1.